The van der Waals surface area contributed by atoms with Gasteiger partial charge in [0.2, 0.25) is 0 Å². The number of hydrogen-bond donors (Lipinski definition) is 1. The maximum absolute atomic E-state index is 12.2. The molecule has 0 saturated heterocycles. The van der Waals surface area contributed by atoms with Crippen molar-refractivity contribution >= 4 is 27.5 Å². The van der Waals surface area contributed by atoms with Gasteiger partial charge in [-0.3, -0.25) is 9.36 Å². The number of amides is 1. The number of rotatable bonds is 4. The first-order chi connectivity index (χ1) is 11.0. The van der Waals surface area contributed by atoms with Gasteiger partial charge in [-0.2, -0.15) is 0 Å². The van der Waals surface area contributed by atoms with E-state index in [-0.39, 0.29) is 5.91 Å². The summed E-state index contributed by atoms with van der Waals surface area (Å²) in [6.07, 6.45) is 0. The number of benzene rings is 1. The van der Waals surface area contributed by atoms with Crippen molar-refractivity contribution in [1.29, 1.82) is 0 Å². The van der Waals surface area contributed by atoms with Gasteiger partial charge >= 0.3 is 0 Å². The predicted molar refractivity (Wildman–Crippen MR) is 95.6 cm³/mol. The van der Waals surface area contributed by atoms with Crippen molar-refractivity contribution in [2.45, 2.75) is 27.7 Å². The molecule has 2 heterocycles. The fraction of sp³-hybridized carbons (Fsp3) is 0.333. The Kier molecular flexibility index (Phi) is 4.22. The highest BCUT2D eigenvalue weighted by atomic mass is 32.1. The maximum atomic E-state index is 12.2. The van der Waals surface area contributed by atoms with E-state index in [1.165, 1.54) is 0 Å². The molecule has 23 heavy (non-hydrogen) atoms. The zero-order chi connectivity index (χ0) is 16.6. The van der Waals surface area contributed by atoms with Crippen molar-refractivity contribution in [3.63, 3.8) is 0 Å². The van der Waals surface area contributed by atoms with Crippen molar-refractivity contribution in [2.75, 3.05) is 6.54 Å². The summed E-state index contributed by atoms with van der Waals surface area (Å²) in [5.41, 5.74) is 3.94. The van der Waals surface area contributed by atoms with E-state index in [1.54, 1.807) is 11.3 Å². The predicted octanol–water partition coefficient (Wildman–Crippen LogP) is 4.09. The minimum Gasteiger partial charge on any atom is -0.352 e. The maximum Gasteiger partial charge on any atom is 0.251 e. The molecule has 0 aliphatic rings. The van der Waals surface area contributed by atoms with E-state index in [2.05, 4.69) is 49.7 Å². The number of aryl methyl sites for hydroxylation is 2. The van der Waals surface area contributed by atoms with Crippen molar-refractivity contribution in [1.82, 2.24) is 14.9 Å². The molecule has 1 amide bonds. The SMILES string of the molecule is Cc1ccc(C)n1-c1nc2ccc(C(=O)NCC(C)C)cc2s1. The zero-order valence-electron chi connectivity index (χ0n) is 13.9. The van der Waals surface area contributed by atoms with Crippen LogP contribution in [0, 0.1) is 19.8 Å². The van der Waals surface area contributed by atoms with Crippen LogP contribution in [0.15, 0.2) is 30.3 Å². The third-order valence-corrected chi connectivity index (χ3v) is 4.78. The molecular weight excluding hydrogens is 306 g/mol. The van der Waals surface area contributed by atoms with Gasteiger partial charge in [-0.1, -0.05) is 25.2 Å². The lowest BCUT2D eigenvalue weighted by Gasteiger charge is -2.07. The average Bonchev–Trinajstić information content (AvgIpc) is 3.06. The van der Waals surface area contributed by atoms with Gasteiger partial charge in [0.15, 0.2) is 5.13 Å². The Hall–Kier alpha value is -2.14. The van der Waals surface area contributed by atoms with Crippen LogP contribution >= 0.6 is 11.3 Å². The lowest BCUT2D eigenvalue weighted by atomic mass is 10.2. The second-order valence-electron chi connectivity index (χ2n) is 6.23. The summed E-state index contributed by atoms with van der Waals surface area (Å²) >= 11 is 1.61. The Bertz CT molecular complexity index is 841. The number of carbonyl (C=O) groups is 1. The molecule has 0 atom stereocenters. The normalized spacial score (nSPS) is 11.3. The minimum absolute atomic E-state index is 0.0242. The smallest absolute Gasteiger partial charge is 0.251 e. The molecule has 0 aliphatic heterocycles. The molecule has 0 spiro atoms. The molecule has 5 heteroatoms. The monoisotopic (exact) mass is 327 g/mol. The summed E-state index contributed by atoms with van der Waals surface area (Å²) in [6, 6.07) is 9.88. The van der Waals surface area contributed by atoms with Gasteiger partial charge in [-0.05, 0) is 50.1 Å². The van der Waals surface area contributed by atoms with E-state index in [4.69, 9.17) is 4.98 Å². The Morgan fingerprint density at radius 2 is 1.91 bits per heavy atom. The average molecular weight is 327 g/mol. The van der Waals surface area contributed by atoms with E-state index in [1.807, 2.05) is 18.2 Å². The van der Waals surface area contributed by atoms with Gasteiger partial charge in [0.25, 0.3) is 5.91 Å². The van der Waals surface area contributed by atoms with Crippen LogP contribution in [0.5, 0.6) is 0 Å². The summed E-state index contributed by atoms with van der Waals surface area (Å²) in [4.78, 5) is 16.9. The molecule has 2 aromatic heterocycles. The lowest BCUT2D eigenvalue weighted by Crippen LogP contribution is -2.27. The van der Waals surface area contributed by atoms with Crippen LogP contribution in [-0.4, -0.2) is 22.0 Å². The Balaban J connectivity index is 1.94. The van der Waals surface area contributed by atoms with E-state index >= 15 is 0 Å². The molecule has 0 bridgehead atoms. The first kappa shape index (κ1) is 15.7. The van der Waals surface area contributed by atoms with Crippen molar-refractivity contribution in [3.8, 4) is 5.13 Å². The van der Waals surface area contributed by atoms with Crippen LogP contribution in [-0.2, 0) is 0 Å². The number of thiazole rings is 1. The van der Waals surface area contributed by atoms with Crippen LogP contribution in [0.25, 0.3) is 15.3 Å². The van der Waals surface area contributed by atoms with Crippen LogP contribution in [0.1, 0.15) is 35.6 Å². The van der Waals surface area contributed by atoms with Crippen molar-refractivity contribution < 1.29 is 4.79 Å². The van der Waals surface area contributed by atoms with Gasteiger partial charge in [-0.25, -0.2) is 4.98 Å². The molecule has 4 nitrogen and oxygen atoms in total. The number of aromatic nitrogens is 2. The van der Waals surface area contributed by atoms with E-state index in [0.717, 1.165) is 26.7 Å². The number of nitrogens with zero attached hydrogens (tertiary/aromatic N) is 2. The largest absolute Gasteiger partial charge is 0.352 e. The van der Waals surface area contributed by atoms with Crippen LogP contribution in [0.4, 0.5) is 0 Å². The Morgan fingerprint density at radius 1 is 1.22 bits per heavy atom. The first-order valence-electron chi connectivity index (χ1n) is 7.80. The van der Waals surface area contributed by atoms with Crippen LogP contribution < -0.4 is 5.32 Å². The molecule has 0 radical (unpaired) electrons. The van der Waals surface area contributed by atoms with Gasteiger partial charge < -0.3 is 5.32 Å². The number of hydrogen-bond acceptors (Lipinski definition) is 3. The molecular formula is C18H21N3OS. The van der Waals surface area contributed by atoms with Gasteiger partial charge in [0, 0.05) is 23.5 Å². The molecule has 1 N–H and O–H groups in total. The molecule has 0 unspecified atom stereocenters. The van der Waals surface area contributed by atoms with E-state index < -0.39 is 0 Å². The molecule has 120 valence electrons. The summed E-state index contributed by atoms with van der Waals surface area (Å²) < 4.78 is 3.17. The molecule has 0 saturated carbocycles. The third-order valence-electron chi connectivity index (χ3n) is 3.77. The second kappa shape index (κ2) is 6.16. The molecule has 1 aromatic carbocycles. The number of carbonyl (C=O) groups excluding carboxylic acids is 1. The minimum atomic E-state index is -0.0242. The molecule has 3 rings (SSSR count). The standard InChI is InChI=1S/C18H21N3OS/c1-11(2)10-19-17(22)14-7-8-15-16(9-14)23-18(20-15)21-12(3)5-6-13(21)4/h5-9,11H,10H2,1-4H3,(H,19,22). The van der Waals surface area contributed by atoms with Crippen LogP contribution in [0.2, 0.25) is 0 Å². The topological polar surface area (TPSA) is 46.9 Å². The summed E-state index contributed by atoms with van der Waals surface area (Å²) in [5.74, 6) is 0.418. The highest BCUT2D eigenvalue weighted by molar-refractivity contribution is 7.20. The van der Waals surface area contributed by atoms with Crippen molar-refractivity contribution in [3.05, 3.63) is 47.3 Å². The quantitative estimate of drug-likeness (QED) is 0.784. The highest BCUT2D eigenvalue weighted by Crippen LogP contribution is 2.28. The Labute approximate surface area is 140 Å². The van der Waals surface area contributed by atoms with E-state index in [9.17, 15) is 4.79 Å². The lowest BCUT2D eigenvalue weighted by molar-refractivity contribution is 0.0949. The fourth-order valence-corrected chi connectivity index (χ4v) is 3.64. The first-order valence-corrected chi connectivity index (χ1v) is 8.61. The number of nitrogens with one attached hydrogen (secondary N) is 1. The summed E-state index contributed by atoms with van der Waals surface area (Å²) in [7, 11) is 0. The zero-order valence-corrected chi connectivity index (χ0v) is 14.7. The highest BCUT2D eigenvalue weighted by Gasteiger charge is 2.12. The van der Waals surface area contributed by atoms with E-state index in [0.29, 0.717) is 18.0 Å². The fourth-order valence-electron chi connectivity index (χ4n) is 2.52. The summed E-state index contributed by atoms with van der Waals surface area (Å²) in [5, 5.41) is 3.90. The molecule has 0 aliphatic carbocycles. The van der Waals surface area contributed by atoms with Gasteiger partial charge in [0.05, 0.1) is 10.2 Å². The summed E-state index contributed by atoms with van der Waals surface area (Å²) in [6.45, 7) is 9.00. The third kappa shape index (κ3) is 3.15. The second-order valence-corrected chi connectivity index (χ2v) is 7.24. The number of fused-ring (bicyclic) bond motifs is 1. The van der Waals surface area contributed by atoms with Crippen LogP contribution in [0.3, 0.4) is 0 Å². The van der Waals surface area contributed by atoms with Gasteiger partial charge in [0.1, 0.15) is 0 Å². The molecule has 3 aromatic rings. The Morgan fingerprint density at radius 3 is 2.57 bits per heavy atom. The molecule has 0 fully saturated rings. The van der Waals surface area contributed by atoms with Crippen molar-refractivity contribution in [2.24, 2.45) is 5.92 Å². The van der Waals surface area contributed by atoms with Gasteiger partial charge in [-0.15, -0.1) is 0 Å².